The molecule has 0 spiro atoms. The SMILES string of the molecule is N#Cc1c(-c2ccccc2)nc(NN=Cc2ccc(F)cc2COC2CCCC2)[nH]c1=O. The van der Waals surface area contributed by atoms with Crippen molar-refractivity contribution < 1.29 is 9.13 Å². The molecule has 2 aromatic carbocycles. The summed E-state index contributed by atoms with van der Waals surface area (Å²) >= 11 is 0. The van der Waals surface area contributed by atoms with Crippen molar-refractivity contribution in [3.8, 4) is 17.3 Å². The molecule has 1 aromatic heterocycles. The Balaban J connectivity index is 1.54. The summed E-state index contributed by atoms with van der Waals surface area (Å²) < 4.78 is 19.7. The zero-order valence-electron chi connectivity index (χ0n) is 17.3. The van der Waals surface area contributed by atoms with E-state index in [9.17, 15) is 14.4 Å². The van der Waals surface area contributed by atoms with E-state index < -0.39 is 5.56 Å². The lowest BCUT2D eigenvalue weighted by Gasteiger charge is -2.12. The van der Waals surface area contributed by atoms with Gasteiger partial charge >= 0.3 is 0 Å². The second-order valence-corrected chi connectivity index (χ2v) is 7.55. The van der Waals surface area contributed by atoms with Crippen LogP contribution in [0.1, 0.15) is 42.4 Å². The van der Waals surface area contributed by atoms with Crippen molar-refractivity contribution >= 4 is 12.2 Å². The lowest BCUT2D eigenvalue weighted by Crippen LogP contribution is -2.16. The Morgan fingerprint density at radius 1 is 1.25 bits per heavy atom. The van der Waals surface area contributed by atoms with Gasteiger partial charge in [-0.2, -0.15) is 10.4 Å². The Kier molecular flexibility index (Phi) is 6.68. The molecule has 1 saturated carbocycles. The van der Waals surface area contributed by atoms with E-state index in [-0.39, 0.29) is 29.1 Å². The molecule has 7 nitrogen and oxygen atoms in total. The van der Waals surface area contributed by atoms with Crippen LogP contribution in [-0.4, -0.2) is 22.3 Å². The summed E-state index contributed by atoms with van der Waals surface area (Å²) in [6.07, 6.45) is 6.11. The molecule has 0 aliphatic heterocycles. The summed E-state index contributed by atoms with van der Waals surface area (Å²) in [5, 5.41) is 13.5. The fourth-order valence-electron chi connectivity index (χ4n) is 3.69. The number of aromatic nitrogens is 2. The van der Waals surface area contributed by atoms with Crippen LogP contribution in [0.5, 0.6) is 0 Å². The van der Waals surface area contributed by atoms with Crippen LogP contribution in [0.2, 0.25) is 0 Å². The number of anilines is 1. The Labute approximate surface area is 184 Å². The Morgan fingerprint density at radius 3 is 2.78 bits per heavy atom. The van der Waals surface area contributed by atoms with E-state index in [1.165, 1.54) is 18.3 Å². The Bertz CT molecular complexity index is 1210. The summed E-state index contributed by atoms with van der Waals surface area (Å²) in [6.45, 7) is 0.299. The molecule has 8 heteroatoms. The van der Waals surface area contributed by atoms with Crippen molar-refractivity contribution in [1.82, 2.24) is 9.97 Å². The molecule has 1 fully saturated rings. The highest BCUT2D eigenvalue weighted by atomic mass is 19.1. The highest BCUT2D eigenvalue weighted by molar-refractivity contribution is 5.82. The Hall–Kier alpha value is -3.83. The Morgan fingerprint density at radius 2 is 2.03 bits per heavy atom. The molecule has 0 bridgehead atoms. The van der Waals surface area contributed by atoms with Crippen LogP contribution in [0.15, 0.2) is 58.4 Å². The van der Waals surface area contributed by atoms with Gasteiger partial charge in [0.25, 0.3) is 5.56 Å². The van der Waals surface area contributed by atoms with Crippen LogP contribution < -0.4 is 11.0 Å². The van der Waals surface area contributed by atoms with Gasteiger partial charge in [-0.1, -0.05) is 49.2 Å². The van der Waals surface area contributed by atoms with Gasteiger partial charge in [-0.05, 0) is 30.5 Å². The van der Waals surface area contributed by atoms with Gasteiger partial charge in [0.2, 0.25) is 5.95 Å². The minimum absolute atomic E-state index is 0.0735. The fraction of sp³-hybridized carbons (Fsp3) is 0.250. The van der Waals surface area contributed by atoms with E-state index in [4.69, 9.17) is 4.74 Å². The van der Waals surface area contributed by atoms with Crippen molar-refractivity contribution in [1.29, 1.82) is 5.26 Å². The highest BCUT2D eigenvalue weighted by Gasteiger charge is 2.16. The number of hydrogen-bond donors (Lipinski definition) is 2. The smallest absolute Gasteiger partial charge is 0.270 e. The summed E-state index contributed by atoms with van der Waals surface area (Å²) in [7, 11) is 0. The van der Waals surface area contributed by atoms with Crippen LogP contribution >= 0.6 is 0 Å². The van der Waals surface area contributed by atoms with E-state index in [1.54, 1.807) is 30.3 Å². The van der Waals surface area contributed by atoms with Crippen LogP contribution in [0.3, 0.4) is 0 Å². The van der Waals surface area contributed by atoms with E-state index in [1.807, 2.05) is 12.1 Å². The maximum absolute atomic E-state index is 13.8. The van der Waals surface area contributed by atoms with Gasteiger partial charge in [0, 0.05) is 11.1 Å². The second-order valence-electron chi connectivity index (χ2n) is 7.55. The number of nitriles is 1. The topological polar surface area (TPSA) is 103 Å². The van der Waals surface area contributed by atoms with Gasteiger partial charge in [-0.15, -0.1) is 0 Å². The van der Waals surface area contributed by atoms with Crippen LogP contribution in [0, 0.1) is 17.1 Å². The van der Waals surface area contributed by atoms with E-state index in [2.05, 4.69) is 20.5 Å². The third-order valence-corrected chi connectivity index (χ3v) is 5.33. The molecular weight excluding hydrogens is 409 g/mol. The molecule has 0 saturated heterocycles. The van der Waals surface area contributed by atoms with Gasteiger partial charge in [0.05, 0.1) is 24.6 Å². The first kappa shape index (κ1) is 21.4. The first-order chi connectivity index (χ1) is 15.6. The third kappa shape index (κ3) is 5.07. The van der Waals surface area contributed by atoms with Crippen molar-refractivity contribution in [2.75, 3.05) is 5.43 Å². The van der Waals surface area contributed by atoms with Crippen LogP contribution in [0.25, 0.3) is 11.3 Å². The fourth-order valence-corrected chi connectivity index (χ4v) is 3.69. The first-order valence-electron chi connectivity index (χ1n) is 10.4. The number of hydrazone groups is 1. The molecule has 0 atom stereocenters. The maximum Gasteiger partial charge on any atom is 0.270 e. The minimum Gasteiger partial charge on any atom is -0.374 e. The molecule has 0 amide bonds. The molecular formula is C24H22FN5O2. The quantitative estimate of drug-likeness (QED) is 0.428. The summed E-state index contributed by atoms with van der Waals surface area (Å²) in [5.41, 5.74) is 4.35. The lowest BCUT2D eigenvalue weighted by atomic mass is 10.1. The van der Waals surface area contributed by atoms with Gasteiger partial charge < -0.3 is 4.74 Å². The molecule has 1 heterocycles. The highest BCUT2D eigenvalue weighted by Crippen LogP contribution is 2.23. The minimum atomic E-state index is -0.563. The number of ether oxygens (including phenoxy) is 1. The normalized spacial score (nSPS) is 14.0. The standard InChI is InChI=1S/C24H22FN5O2/c25-19-11-10-17(18(12-19)15-32-20-8-4-5-9-20)14-27-30-24-28-22(16-6-2-1-3-7-16)21(13-26)23(31)29-24/h1-3,6-7,10-12,14,20H,4-5,8-9,15H2,(H2,28,29,30,31). The molecule has 0 radical (unpaired) electrons. The van der Waals surface area contributed by atoms with Crippen molar-refractivity contribution in [3.63, 3.8) is 0 Å². The first-order valence-corrected chi connectivity index (χ1v) is 10.4. The lowest BCUT2D eigenvalue weighted by molar-refractivity contribution is 0.0455. The van der Waals surface area contributed by atoms with Crippen molar-refractivity contribution in [2.24, 2.45) is 5.10 Å². The predicted molar refractivity (Wildman–Crippen MR) is 120 cm³/mol. The molecule has 162 valence electrons. The maximum atomic E-state index is 13.8. The number of nitrogens with one attached hydrogen (secondary N) is 2. The zero-order valence-corrected chi connectivity index (χ0v) is 17.3. The zero-order chi connectivity index (χ0) is 22.3. The predicted octanol–water partition coefficient (Wildman–Crippen LogP) is 4.35. The van der Waals surface area contributed by atoms with Gasteiger partial charge in [0.1, 0.15) is 17.4 Å². The molecule has 2 N–H and O–H groups in total. The molecule has 1 aliphatic rings. The molecule has 4 rings (SSSR count). The van der Waals surface area contributed by atoms with Crippen molar-refractivity contribution in [3.05, 3.63) is 81.4 Å². The van der Waals surface area contributed by atoms with Crippen LogP contribution in [-0.2, 0) is 11.3 Å². The van der Waals surface area contributed by atoms with Gasteiger partial charge in [0.15, 0.2) is 0 Å². The molecule has 0 unspecified atom stereocenters. The number of nitrogens with zero attached hydrogens (tertiary/aromatic N) is 3. The van der Waals surface area contributed by atoms with E-state index >= 15 is 0 Å². The average Bonchev–Trinajstić information content (AvgIpc) is 3.33. The monoisotopic (exact) mass is 431 g/mol. The van der Waals surface area contributed by atoms with Gasteiger partial charge in [-0.25, -0.2) is 14.8 Å². The average molecular weight is 431 g/mol. The van der Waals surface area contributed by atoms with Crippen LogP contribution in [0.4, 0.5) is 10.3 Å². The number of benzene rings is 2. The third-order valence-electron chi connectivity index (χ3n) is 5.33. The number of rotatable bonds is 7. The second kappa shape index (κ2) is 9.98. The van der Waals surface area contributed by atoms with E-state index in [0.29, 0.717) is 23.3 Å². The van der Waals surface area contributed by atoms with Crippen molar-refractivity contribution in [2.45, 2.75) is 38.4 Å². The molecule has 3 aromatic rings. The molecule has 32 heavy (non-hydrogen) atoms. The summed E-state index contributed by atoms with van der Waals surface area (Å²) in [5.74, 6) is -0.249. The summed E-state index contributed by atoms with van der Waals surface area (Å²) in [4.78, 5) is 19.2. The summed E-state index contributed by atoms with van der Waals surface area (Å²) in [6, 6.07) is 15.3. The largest absolute Gasteiger partial charge is 0.374 e. The number of H-pyrrole nitrogens is 1. The van der Waals surface area contributed by atoms with E-state index in [0.717, 1.165) is 25.7 Å². The number of hydrogen-bond acceptors (Lipinski definition) is 6. The molecule has 1 aliphatic carbocycles. The number of halogens is 1. The number of aromatic amines is 1. The van der Waals surface area contributed by atoms with Gasteiger partial charge in [-0.3, -0.25) is 9.78 Å².